The van der Waals surface area contributed by atoms with Crippen molar-refractivity contribution in [2.24, 2.45) is 0 Å². The second-order valence-electron chi connectivity index (χ2n) is 8.74. The van der Waals surface area contributed by atoms with Gasteiger partial charge >= 0.3 is 0 Å². The molecule has 3 nitrogen and oxygen atoms in total. The van der Waals surface area contributed by atoms with E-state index in [1.165, 1.54) is 0 Å². The third kappa shape index (κ3) is 4.66. The Morgan fingerprint density at radius 3 is 0.818 bits per heavy atom. The van der Waals surface area contributed by atoms with Gasteiger partial charge in [0.2, 0.25) is 0 Å². The van der Waals surface area contributed by atoms with Crippen LogP contribution in [0.1, 0.15) is 55.4 Å². The van der Waals surface area contributed by atoms with Gasteiger partial charge in [-0.05, 0) is 57.4 Å². The fourth-order valence-electron chi connectivity index (χ4n) is 4.74. The lowest BCUT2D eigenvalue weighted by Crippen LogP contribution is -2.76. The van der Waals surface area contributed by atoms with Crippen molar-refractivity contribution in [3.63, 3.8) is 0 Å². The highest BCUT2D eigenvalue weighted by Gasteiger charge is 2.48. The molecule has 0 rings (SSSR count). The van der Waals surface area contributed by atoms with Crippen LogP contribution in [0.15, 0.2) is 0 Å². The Balaban J connectivity index is 5.73. The molecule has 0 bridgehead atoms. The molecule has 0 aliphatic carbocycles. The highest BCUT2D eigenvalue weighted by Crippen LogP contribution is 2.29. The van der Waals surface area contributed by atoms with Crippen LogP contribution in [0.5, 0.6) is 0 Å². The molecule has 5 heteroatoms. The summed E-state index contributed by atoms with van der Waals surface area (Å²) in [7, 11) is -0.934. The Hall–Kier alpha value is 0.314. The topological polar surface area (TPSA) is 9.72 Å². The van der Waals surface area contributed by atoms with E-state index in [9.17, 15) is 0 Å². The maximum atomic E-state index is 2.82. The first kappa shape index (κ1) is 22.3. The van der Waals surface area contributed by atoms with Crippen molar-refractivity contribution in [2.45, 2.75) is 106 Å². The largest absolute Gasteiger partial charge is 0.324 e. The summed E-state index contributed by atoms with van der Waals surface area (Å²) in [5.74, 6) is 0. The van der Waals surface area contributed by atoms with Gasteiger partial charge in [0.25, 0.3) is 0 Å². The minimum absolute atomic E-state index is 0.598. The first-order valence-corrected chi connectivity index (χ1v) is 14.8. The number of hydrogen-bond acceptors (Lipinski definition) is 3. The fraction of sp³-hybridized carbons (Fsp3) is 1.00. The summed E-state index contributed by atoms with van der Waals surface area (Å²) >= 11 is 0. The van der Waals surface area contributed by atoms with Crippen molar-refractivity contribution in [2.75, 3.05) is 7.05 Å². The van der Waals surface area contributed by atoms with Gasteiger partial charge < -0.3 is 13.4 Å². The fourth-order valence-corrected chi connectivity index (χ4v) is 16.5. The lowest BCUT2D eigenvalue weighted by Gasteiger charge is -2.56. The van der Waals surface area contributed by atoms with Crippen LogP contribution in [0.2, 0.25) is 26.2 Å². The molecule has 22 heavy (non-hydrogen) atoms. The molecular weight excluding hydrogens is 302 g/mol. The van der Waals surface area contributed by atoms with E-state index < -0.39 is 16.8 Å². The summed E-state index contributed by atoms with van der Waals surface area (Å²) in [6.07, 6.45) is 0. The molecule has 0 amide bonds. The molecule has 0 aromatic carbocycles. The van der Waals surface area contributed by atoms with Crippen molar-refractivity contribution in [1.29, 1.82) is 0 Å². The number of hydrogen-bond donors (Lipinski definition) is 0. The zero-order valence-electron chi connectivity index (χ0n) is 17.7. The monoisotopic (exact) mass is 345 g/mol. The van der Waals surface area contributed by atoms with E-state index in [2.05, 4.69) is 102 Å². The van der Waals surface area contributed by atoms with Gasteiger partial charge in [-0.3, -0.25) is 0 Å². The molecule has 0 aromatic rings. The quantitative estimate of drug-likeness (QED) is 0.597. The molecule has 0 aromatic heterocycles. The molecule has 0 heterocycles. The van der Waals surface area contributed by atoms with Crippen molar-refractivity contribution in [1.82, 2.24) is 13.4 Å². The van der Waals surface area contributed by atoms with Crippen molar-refractivity contribution >= 4 is 16.8 Å². The first-order valence-electron chi connectivity index (χ1n) is 8.99. The summed E-state index contributed by atoms with van der Waals surface area (Å²) in [6, 6.07) is 2.39. The van der Waals surface area contributed by atoms with Gasteiger partial charge in [0.15, 0.2) is 16.8 Å². The molecule has 0 radical (unpaired) electrons. The molecule has 0 spiro atoms. The Morgan fingerprint density at radius 2 is 0.682 bits per heavy atom. The van der Waals surface area contributed by atoms with Crippen LogP contribution in [0.3, 0.4) is 0 Å². The first-order chi connectivity index (χ1) is 9.68. The Labute approximate surface area is 143 Å². The SMILES string of the molecule is CC(C)N(C(C)C)[Si](C)(C)N(C)[Si](C)(C)N(C(C)C)C(C)C. The van der Waals surface area contributed by atoms with Gasteiger partial charge in [-0.15, -0.1) is 0 Å². The molecule has 0 aliphatic rings. The normalized spacial score (nSPS) is 14.7. The lowest BCUT2D eigenvalue weighted by atomic mass is 10.3. The van der Waals surface area contributed by atoms with E-state index in [0.29, 0.717) is 24.2 Å². The van der Waals surface area contributed by atoms with Crippen LogP contribution in [0.25, 0.3) is 0 Å². The van der Waals surface area contributed by atoms with Crippen LogP contribution in [0, 0.1) is 0 Å². The van der Waals surface area contributed by atoms with E-state index >= 15 is 0 Å². The van der Waals surface area contributed by atoms with E-state index in [1.54, 1.807) is 0 Å². The summed E-state index contributed by atoms with van der Waals surface area (Å²) in [6.45, 7) is 28.9. The van der Waals surface area contributed by atoms with Crippen LogP contribution in [-0.4, -0.2) is 61.4 Å². The van der Waals surface area contributed by atoms with Gasteiger partial charge in [-0.2, -0.15) is 0 Å². The predicted molar refractivity (Wildman–Crippen MR) is 107 cm³/mol. The van der Waals surface area contributed by atoms with Crippen molar-refractivity contribution < 1.29 is 0 Å². The average molecular weight is 346 g/mol. The Kier molecular flexibility index (Phi) is 8.04. The van der Waals surface area contributed by atoms with Crippen LogP contribution in [-0.2, 0) is 0 Å². The highest BCUT2D eigenvalue weighted by molar-refractivity contribution is 6.88. The molecular formula is C17H43N3Si2. The Morgan fingerprint density at radius 1 is 0.500 bits per heavy atom. The minimum atomic E-state index is -1.67. The van der Waals surface area contributed by atoms with Crippen LogP contribution < -0.4 is 0 Å². The molecule has 0 fully saturated rings. The molecule has 0 atom stereocenters. The molecule has 0 aliphatic heterocycles. The van der Waals surface area contributed by atoms with Gasteiger partial charge in [-0.25, -0.2) is 0 Å². The highest BCUT2D eigenvalue weighted by atomic mass is 28.4. The van der Waals surface area contributed by atoms with Crippen LogP contribution >= 0.6 is 0 Å². The number of nitrogens with zero attached hydrogens (tertiary/aromatic N) is 3. The summed E-state index contributed by atoms with van der Waals surface area (Å²) in [5, 5.41) is 0. The zero-order chi connectivity index (χ0) is 18.0. The lowest BCUT2D eigenvalue weighted by molar-refractivity contribution is 0.252. The van der Waals surface area contributed by atoms with Gasteiger partial charge in [0.1, 0.15) is 0 Å². The third-order valence-corrected chi connectivity index (χ3v) is 16.3. The molecule has 134 valence electrons. The maximum Gasteiger partial charge on any atom is 0.194 e. The smallest absolute Gasteiger partial charge is 0.194 e. The van der Waals surface area contributed by atoms with E-state index in [1.807, 2.05) is 0 Å². The van der Waals surface area contributed by atoms with Crippen molar-refractivity contribution in [3.8, 4) is 0 Å². The maximum absolute atomic E-state index is 2.82. The minimum Gasteiger partial charge on any atom is -0.324 e. The summed E-state index contributed by atoms with van der Waals surface area (Å²) in [4.78, 5) is 0. The third-order valence-electron chi connectivity index (χ3n) is 5.13. The molecule has 0 saturated carbocycles. The van der Waals surface area contributed by atoms with E-state index in [0.717, 1.165) is 0 Å². The zero-order valence-corrected chi connectivity index (χ0v) is 19.7. The molecule has 0 saturated heterocycles. The second-order valence-corrected chi connectivity index (χ2v) is 17.5. The van der Waals surface area contributed by atoms with Gasteiger partial charge in [-0.1, -0.05) is 55.4 Å². The average Bonchev–Trinajstić information content (AvgIpc) is 2.23. The van der Waals surface area contributed by atoms with Crippen molar-refractivity contribution in [3.05, 3.63) is 0 Å². The molecule has 0 unspecified atom stereocenters. The summed E-state index contributed by atoms with van der Waals surface area (Å²) in [5.41, 5.74) is 0. The second kappa shape index (κ2) is 7.92. The summed E-state index contributed by atoms with van der Waals surface area (Å²) < 4.78 is 8.38. The van der Waals surface area contributed by atoms with E-state index in [-0.39, 0.29) is 0 Å². The standard InChI is InChI=1S/C17H43N3Si2/c1-14(2)19(15(3)4)21(10,11)18(9)22(12,13)20(16(5)6)17(7)8/h14-17H,1-13H3. The number of rotatable bonds is 8. The Bertz CT molecular complexity index is 291. The van der Waals surface area contributed by atoms with Crippen LogP contribution in [0.4, 0.5) is 0 Å². The molecule has 0 N–H and O–H groups in total. The van der Waals surface area contributed by atoms with E-state index in [4.69, 9.17) is 0 Å². The van der Waals surface area contributed by atoms with Gasteiger partial charge in [0.05, 0.1) is 0 Å². The predicted octanol–water partition coefficient (Wildman–Crippen LogP) is 4.56. The van der Waals surface area contributed by atoms with Gasteiger partial charge in [0, 0.05) is 0 Å².